The largest absolute Gasteiger partial charge is 0.435 e. The van der Waals surface area contributed by atoms with E-state index in [0.29, 0.717) is 14.5 Å². The predicted octanol–water partition coefficient (Wildman–Crippen LogP) is 4.17. The number of hydrogen-bond acceptors (Lipinski definition) is 3. The third kappa shape index (κ3) is 3.29. The summed E-state index contributed by atoms with van der Waals surface area (Å²) in [6, 6.07) is 3.85. The highest BCUT2D eigenvalue weighted by molar-refractivity contribution is 9.10. The molecule has 0 amide bonds. The number of aliphatic hydroxyl groups excluding tert-OH is 1. The van der Waals surface area contributed by atoms with Crippen LogP contribution in [-0.2, 0) is 6.61 Å². The summed E-state index contributed by atoms with van der Waals surface area (Å²) in [5.74, 6) is -2.44. The SMILES string of the molecule is OCc1cc(Br)cnc1Oc1cc(Br)cc(F)c1F. The Morgan fingerprint density at radius 1 is 1.16 bits per heavy atom. The fraction of sp³-hybridized carbons (Fsp3) is 0.0833. The number of ether oxygens (including phenoxy) is 1. The zero-order valence-electron chi connectivity index (χ0n) is 9.33. The Kier molecular flexibility index (Phi) is 4.49. The first-order chi connectivity index (χ1) is 9.01. The summed E-state index contributed by atoms with van der Waals surface area (Å²) in [6.45, 7) is -0.333. The summed E-state index contributed by atoms with van der Waals surface area (Å²) >= 11 is 6.23. The molecular formula is C12H7Br2F2NO2. The molecule has 0 aliphatic heterocycles. The van der Waals surface area contributed by atoms with Crippen LogP contribution in [0.3, 0.4) is 0 Å². The average Bonchev–Trinajstić information content (AvgIpc) is 2.37. The van der Waals surface area contributed by atoms with Gasteiger partial charge in [0.15, 0.2) is 11.6 Å². The van der Waals surface area contributed by atoms with Crippen molar-refractivity contribution in [3.63, 3.8) is 0 Å². The zero-order chi connectivity index (χ0) is 14.0. The minimum atomic E-state index is -1.11. The molecular weight excluding hydrogens is 388 g/mol. The number of rotatable bonds is 3. The minimum absolute atomic E-state index is 0.0158. The van der Waals surface area contributed by atoms with Gasteiger partial charge < -0.3 is 9.84 Å². The molecule has 19 heavy (non-hydrogen) atoms. The molecule has 0 saturated carbocycles. The van der Waals surface area contributed by atoms with Crippen LogP contribution in [0.5, 0.6) is 11.6 Å². The lowest BCUT2D eigenvalue weighted by Gasteiger charge is -2.10. The van der Waals surface area contributed by atoms with Gasteiger partial charge in [-0.05, 0) is 34.1 Å². The molecule has 0 spiro atoms. The number of aliphatic hydroxyl groups is 1. The van der Waals surface area contributed by atoms with Gasteiger partial charge in [-0.2, -0.15) is 4.39 Å². The second-order valence-corrected chi connectivity index (χ2v) is 5.41. The Hall–Kier alpha value is -1.05. The molecule has 1 aromatic carbocycles. The van der Waals surface area contributed by atoms with Crippen LogP contribution in [0.1, 0.15) is 5.56 Å². The predicted molar refractivity (Wildman–Crippen MR) is 72.0 cm³/mol. The Balaban J connectivity index is 2.41. The van der Waals surface area contributed by atoms with E-state index < -0.39 is 11.6 Å². The monoisotopic (exact) mass is 393 g/mol. The molecule has 100 valence electrons. The van der Waals surface area contributed by atoms with E-state index in [9.17, 15) is 13.9 Å². The van der Waals surface area contributed by atoms with Crippen LogP contribution in [0.15, 0.2) is 33.3 Å². The molecule has 3 nitrogen and oxygen atoms in total. The standard InChI is InChI=1S/C12H7Br2F2NO2/c13-7-2-9(15)11(16)10(3-7)19-12-6(5-18)1-8(14)4-17-12/h1-4,18H,5H2. The quantitative estimate of drug-likeness (QED) is 0.794. The highest BCUT2D eigenvalue weighted by Gasteiger charge is 2.14. The van der Waals surface area contributed by atoms with Crippen molar-refractivity contribution in [3.8, 4) is 11.6 Å². The van der Waals surface area contributed by atoms with E-state index in [-0.39, 0.29) is 18.2 Å². The van der Waals surface area contributed by atoms with E-state index in [1.165, 1.54) is 12.3 Å². The van der Waals surface area contributed by atoms with Gasteiger partial charge in [0, 0.05) is 20.7 Å². The Labute approximate surface area is 124 Å². The summed E-state index contributed by atoms with van der Waals surface area (Å²) in [5.41, 5.74) is 0.356. The fourth-order valence-electron chi connectivity index (χ4n) is 1.38. The van der Waals surface area contributed by atoms with Crippen LogP contribution in [0.25, 0.3) is 0 Å². The van der Waals surface area contributed by atoms with E-state index >= 15 is 0 Å². The van der Waals surface area contributed by atoms with Crippen LogP contribution in [0, 0.1) is 11.6 Å². The molecule has 0 aliphatic rings. The van der Waals surface area contributed by atoms with E-state index in [2.05, 4.69) is 36.8 Å². The van der Waals surface area contributed by atoms with E-state index in [1.54, 1.807) is 6.07 Å². The van der Waals surface area contributed by atoms with Gasteiger partial charge in [-0.1, -0.05) is 15.9 Å². The highest BCUT2D eigenvalue weighted by atomic mass is 79.9. The van der Waals surface area contributed by atoms with Gasteiger partial charge in [0.25, 0.3) is 0 Å². The molecule has 1 heterocycles. The fourth-order valence-corrected chi connectivity index (χ4v) is 2.17. The van der Waals surface area contributed by atoms with Crippen molar-refractivity contribution in [3.05, 3.63) is 50.5 Å². The smallest absolute Gasteiger partial charge is 0.224 e. The first-order valence-electron chi connectivity index (χ1n) is 5.09. The Morgan fingerprint density at radius 2 is 1.89 bits per heavy atom. The third-order valence-electron chi connectivity index (χ3n) is 2.23. The van der Waals surface area contributed by atoms with Crippen molar-refractivity contribution in [1.29, 1.82) is 0 Å². The van der Waals surface area contributed by atoms with Gasteiger partial charge in [0.2, 0.25) is 11.7 Å². The van der Waals surface area contributed by atoms with Gasteiger partial charge in [-0.25, -0.2) is 9.37 Å². The van der Waals surface area contributed by atoms with Crippen molar-refractivity contribution >= 4 is 31.9 Å². The molecule has 0 unspecified atom stereocenters. The van der Waals surface area contributed by atoms with Crippen LogP contribution >= 0.6 is 31.9 Å². The van der Waals surface area contributed by atoms with Crippen LogP contribution in [-0.4, -0.2) is 10.1 Å². The number of hydrogen-bond donors (Lipinski definition) is 1. The maximum absolute atomic E-state index is 13.6. The molecule has 0 bridgehead atoms. The number of benzene rings is 1. The van der Waals surface area contributed by atoms with Crippen LogP contribution < -0.4 is 4.74 Å². The van der Waals surface area contributed by atoms with Crippen molar-refractivity contribution in [2.24, 2.45) is 0 Å². The van der Waals surface area contributed by atoms with E-state index in [0.717, 1.165) is 6.07 Å². The molecule has 0 saturated heterocycles. The summed E-state index contributed by atoms with van der Waals surface area (Å²) in [7, 11) is 0. The highest BCUT2D eigenvalue weighted by Crippen LogP contribution is 2.31. The lowest BCUT2D eigenvalue weighted by atomic mass is 10.3. The van der Waals surface area contributed by atoms with Gasteiger partial charge >= 0.3 is 0 Å². The minimum Gasteiger partial charge on any atom is -0.435 e. The third-order valence-corrected chi connectivity index (χ3v) is 3.12. The van der Waals surface area contributed by atoms with Gasteiger partial charge in [-0.15, -0.1) is 0 Å². The lowest BCUT2D eigenvalue weighted by molar-refractivity contribution is 0.274. The maximum Gasteiger partial charge on any atom is 0.224 e. The molecule has 2 aromatic rings. The molecule has 7 heteroatoms. The Bertz CT molecular complexity index is 623. The molecule has 0 radical (unpaired) electrons. The van der Waals surface area contributed by atoms with Gasteiger partial charge in [0.1, 0.15) is 0 Å². The molecule has 2 rings (SSSR count). The number of halogens is 4. The van der Waals surface area contributed by atoms with Crippen molar-refractivity contribution < 1.29 is 18.6 Å². The van der Waals surface area contributed by atoms with Gasteiger partial charge in [-0.3, -0.25) is 0 Å². The summed E-state index contributed by atoms with van der Waals surface area (Å²) in [5, 5.41) is 9.18. The first kappa shape index (κ1) is 14.4. The topological polar surface area (TPSA) is 42.4 Å². The first-order valence-corrected chi connectivity index (χ1v) is 6.67. The van der Waals surface area contributed by atoms with E-state index in [4.69, 9.17) is 4.74 Å². The summed E-state index contributed by atoms with van der Waals surface area (Å²) in [4.78, 5) is 3.91. The molecule has 0 aliphatic carbocycles. The molecule has 0 atom stereocenters. The zero-order valence-corrected chi connectivity index (χ0v) is 12.5. The van der Waals surface area contributed by atoms with Gasteiger partial charge in [0.05, 0.1) is 6.61 Å². The second-order valence-electron chi connectivity index (χ2n) is 3.58. The normalized spacial score (nSPS) is 10.6. The van der Waals surface area contributed by atoms with Crippen molar-refractivity contribution in [2.75, 3.05) is 0 Å². The maximum atomic E-state index is 13.6. The molecule has 0 fully saturated rings. The number of aromatic nitrogens is 1. The Morgan fingerprint density at radius 3 is 2.58 bits per heavy atom. The van der Waals surface area contributed by atoms with E-state index in [1.807, 2.05) is 0 Å². The number of nitrogens with zero attached hydrogens (tertiary/aromatic N) is 1. The molecule has 1 aromatic heterocycles. The number of pyridine rings is 1. The molecule has 1 N–H and O–H groups in total. The summed E-state index contributed by atoms with van der Waals surface area (Å²) < 4.78 is 33.0. The van der Waals surface area contributed by atoms with Crippen molar-refractivity contribution in [1.82, 2.24) is 4.98 Å². The van der Waals surface area contributed by atoms with Crippen LogP contribution in [0.4, 0.5) is 8.78 Å². The lowest BCUT2D eigenvalue weighted by Crippen LogP contribution is -1.98. The summed E-state index contributed by atoms with van der Waals surface area (Å²) in [6.07, 6.45) is 1.43. The average molecular weight is 395 g/mol. The van der Waals surface area contributed by atoms with Crippen LogP contribution in [0.2, 0.25) is 0 Å². The second kappa shape index (κ2) is 5.94. The van der Waals surface area contributed by atoms with Crippen molar-refractivity contribution in [2.45, 2.75) is 6.61 Å².